The number of halogens is 1. The number of hydrogen-bond acceptors (Lipinski definition) is 3. The first-order valence-corrected chi connectivity index (χ1v) is 6.27. The molecule has 88 valence electrons. The molecule has 2 nitrogen and oxygen atoms in total. The zero-order valence-corrected chi connectivity index (χ0v) is 10.3. The number of hydrogen-bond donors (Lipinski definition) is 1. The van der Waals surface area contributed by atoms with E-state index in [1.54, 1.807) is 30.1 Å². The van der Waals surface area contributed by atoms with E-state index >= 15 is 0 Å². The van der Waals surface area contributed by atoms with E-state index in [2.05, 4.69) is 10.3 Å². The molecule has 0 atom stereocenters. The van der Waals surface area contributed by atoms with Gasteiger partial charge < -0.3 is 5.32 Å². The average molecular weight is 248 g/mol. The number of pyridine rings is 1. The van der Waals surface area contributed by atoms with Gasteiger partial charge in [0, 0.05) is 23.9 Å². The minimum Gasteiger partial charge on any atom is -0.373 e. The van der Waals surface area contributed by atoms with Crippen LogP contribution in [0.2, 0.25) is 0 Å². The summed E-state index contributed by atoms with van der Waals surface area (Å²) >= 11 is 1.61. The van der Waals surface area contributed by atoms with Crippen LogP contribution in [-0.4, -0.2) is 12.0 Å². The van der Waals surface area contributed by atoms with Gasteiger partial charge in [0.05, 0.1) is 0 Å². The van der Waals surface area contributed by atoms with Gasteiger partial charge in [-0.05, 0) is 35.9 Å². The molecule has 4 heteroatoms. The van der Waals surface area contributed by atoms with Gasteiger partial charge in [-0.2, -0.15) is 0 Å². The number of nitrogens with one attached hydrogen (secondary N) is 1. The SMILES string of the molecule is CNc1cc(CSc2cccc(F)c2)ccn1. The summed E-state index contributed by atoms with van der Waals surface area (Å²) in [5.74, 6) is 1.46. The maximum atomic E-state index is 13.0. The predicted octanol–water partition coefficient (Wildman–Crippen LogP) is 3.55. The van der Waals surface area contributed by atoms with Gasteiger partial charge in [0.1, 0.15) is 11.6 Å². The zero-order chi connectivity index (χ0) is 12.1. The third-order valence-corrected chi connectivity index (χ3v) is 3.35. The van der Waals surface area contributed by atoms with Gasteiger partial charge >= 0.3 is 0 Å². The van der Waals surface area contributed by atoms with Crippen molar-refractivity contribution in [2.24, 2.45) is 0 Å². The number of aromatic nitrogens is 1. The second-order valence-corrected chi connectivity index (χ2v) is 4.59. The number of nitrogens with zero attached hydrogens (tertiary/aromatic N) is 1. The monoisotopic (exact) mass is 248 g/mol. The Labute approximate surface area is 104 Å². The van der Waals surface area contributed by atoms with Gasteiger partial charge in [0.15, 0.2) is 0 Å². The topological polar surface area (TPSA) is 24.9 Å². The molecule has 0 saturated heterocycles. The van der Waals surface area contributed by atoms with Crippen molar-refractivity contribution >= 4 is 17.6 Å². The first-order valence-electron chi connectivity index (χ1n) is 5.29. The van der Waals surface area contributed by atoms with E-state index in [9.17, 15) is 4.39 Å². The Balaban J connectivity index is 2.02. The van der Waals surface area contributed by atoms with Crippen molar-refractivity contribution in [3.8, 4) is 0 Å². The highest BCUT2D eigenvalue weighted by Gasteiger charge is 1.99. The van der Waals surface area contributed by atoms with Crippen molar-refractivity contribution in [2.45, 2.75) is 10.6 Å². The van der Waals surface area contributed by atoms with Crippen LogP contribution in [0.3, 0.4) is 0 Å². The summed E-state index contributed by atoms with van der Waals surface area (Å²) in [4.78, 5) is 5.08. The van der Waals surface area contributed by atoms with E-state index in [0.717, 1.165) is 16.5 Å². The fourth-order valence-electron chi connectivity index (χ4n) is 1.42. The minimum absolute atomic E-state index is 0.194. The predicted molar refractivity (Wildman–Crippen MR) is 69.7 cm³/mol. The Kier molecular flexibility index (Phi) is 3.98. The van der Waals surface area contributed by atoms with Crippen LogP contribution in [0.15, 0.2) is 47.5 Å². The average Bonchev–Trinajstić information content (AvgIpc) is 2.37. The summed E-state index contributed by atoms with van der Waals surface area (Å²) < 4.78 is 13.0. The second-order valence-electron chi connectivity index (χ2n) is 3.55. The number of benzene rings is 1. The van der Waals surface area contributed by atoms with Gasteiger partial charge in [-0.3, -0.25) is 0 Å². The van der Waals surface area contributed by atoms with Crippen molar-refractivity contribution in [2.75, 3.05) is 12.4 Å². The lowest BCUT2D eigenvalue weighted by Crippen LogP contribution is -1.92. The van der Waals surface area contributed by atoms with Crippen LogP contribution < -0.4 is 5.32 Å². The van der Waals surface area contributed by atoms with E-state index in [1.165, 1.54) is 11.6 Å². The van der Waals surface area contributed by atoms with Crippen LogP contribution in [0.5, 0.6) is 0 Å². The molecule has 0 aliphatic carbocycles. The second kappa shape index (κ2) is 5.68. The molecule has 0 aliphatic rings. The summed E-state index contributed by atoms with van der Waals surface area (Å²) in [5.41, 5.74) is 1.17. The summed E-state index contributed by atoms with van der Waals surface area (Å²) in [5, 5.41) is 2.99. The van der Waals surface area contributed by atoms with Gasteiger partial charge in [0.2, 0.25) is 0 Å². The quantitative estimate of drug-likeness (QED) is 0.837. The molecule has 0 aliphatic heterocycles. The Morgan fingerprint density at radius 2 is 2.18 bits per heavy atom. The molecular formula is C13H13FN2S. The number of anilines is 1. The van der Waals surface area contributed by atoms with Crippen molar-refractivity contribution in [3.63, 3.8) is 0 Å². The first kappa shape index (κ1) is 11.9. The molecule has 1 N–H and O–H groups in total. The fourth-order valence-corrected chi connectivity index (χ4v) is 2.31. The normalized spacial score (nSPS) is 10.2. The standard InChI is InChI=1S/C13H13FN2S/c1-15-13-7-10(5-6-16-13)9-17-12-4-2-3-11(14)8-12/h2-8H,9H2,1H3,(H,15,16). The van der Waals surface area contributed by atoms with Crippen LogP contribution in [0.4, 0.5) is 10.2 Å². The largest absolute Gasteiger partial charge is 0.373 e. The summed E-state index contributed by atoms with van der Waals surface area (Å²) in [6, 6.07) is 10.6. The molecule has 0 bridgehead atoms. The molecule has 2 aromatic rings. The third-order valence-electron chi connectivity index (χ3n) is 2.28. The lowest BCUT2D eigenvalue weighted by molar-refractivity contribution is 0.624. The Morgan fingerprint density at radius 1 is 1.29 bits per heavy atom. The summed E-state index contributed by atoms with van der Waals surface area (Å²) in [6.07, 6.45) is 1.77. The highest BCUT2D eigenvalue weighted by molar-refractivity contribution is 7.98. The molecule has 0 amide bonds. The Morgan fingerprint density at radius 3 is 2.94 bits per heavy atom. The van der Waals surface area contributed by atoms with Crippen molar-refractivity contribution in [1.82, 2.24) is 4.98 Å². The molecule has 1 aromatic heterocycles. The molecule has 17 heavy (non-hydrogen) atoms. The fraction of sp³-hybridized carbons (Fsp3) is 0.154. The van der Waals surface area contributed by atoms with E-state index in [4.69, 9.17) is 0 Å². The van der Waals surface area contributed by atoms with Crippen molar-refractivity contribution in [3.05, 3.63) is 54.0 Å². The maximum absolute atomic E-state index is 13.0. The van der Waals surface area contributed by atoms with Gasteiger partial charge in [0.25, 0.3) is 0 Å². The molecule has 0 radical (unpaired) electrons. The van der Waals surface area contributed by atoms with Gasteiger partial charge in [-0.25, -0.2) is 9.37 Å². The maximum Gasteiger partial charge on any atom is 0.125 e. The molecule has 1 aromatic carbocycles. The van der Waals surface area contributed by atoms with Crippen LogP contribution in [0.25, 0.3) is 0 Å². The third kappa shape index (κ3) is 3.46. The molecule has 2 rings (SSSR count). The van der Waals surface area contributed by atoms with E-state index in [1.807, 2.05) is 25.2 Å². The van der Waals surface area contributed by atoms with Crippen molar-refractivity contribution < 1.29 is 4.39 Å². The summed E-state index contributed by atoms with van der Waals surface area (Å²) in [6.45, 7) is 0. The lowest BCUT2D eigenvalue weighted by atomic mass is 10.3. The van der Waals surface area contributed by atoms with Crippen LogP contribution in [0, 0.1) is 5.82 Å². The number of thioether (sulfide) groups is 1. The smallest absolute Gasteiger partial charge is 0.125 e. The summed E-state index contributed by atoms with van der Waals surface area (Å²) in [7, 11) is 1.84. The van der Waals surface area contributed by atoms with E-state index in [-0.39, 0.29) is 5.82 Å². The first-order chi connectivity index (χ1) is 8.28. The Hall–Kier alpha value is -1.55. The van der Waals surface area contributed by atoms with E-state index < -0.39 is 0 Å². The van der Waals surface area contributed by atoms with Gasteiger partial charge in [-0.15, -0.1) is 11.8 Å². The highest BCUT2D eigenvalue weighted by atomic mass is 32.2. The Bertz CT molecular complexity index is 502. The van der Waals surface area contributed by atoms with E-state index in [0.29, 0.717) is 0 Å². The molecule has 0 saturated carbocycles. The molecule has 0 spiro atoms. The van der Waals surface area contributed by atoms with Crippen LogP contribution in [0.1, 0.15) is 5.56 Å². The van der Waals surface area contributed by atoms with Crippen LogP contribution >= 0.6 is 11.8 Å². The minimum atomic E-state index is -0.194. The van der Waals surface area contributed by atoms with Gasteiger partial charge in [-0.1, -0.05) is 6.07 Å². The van der Waals surface area contributed by atoms with Crippen molar-refractivity contribution in [1.29, 1.82) is 0 Å². The van der Waals surface area contributed by atoms with Crippen LogP contribution in [-0.2, 0) is 5.75 Å². The molecule has 0 unspecified atom stereocenters. The highest BCUT2D eigenvalue weighted by Crippen LogP contribution is 2.23. The zero-order valence-electron chi connectivity index (χ0n) is 9.48. The molecule has 1 heterocycles. The lowest BCUT2D eigenvalue weighted by Gasteiger charge is -2.04. The molecular weight excluding hydrogens is 235 g/mol. The molecule has 0 fully saturated rings. The number of rotatable bonds is 4.